The zero-order valence-electron chi connectivity index (χ0n) is 25.0. The summed E-state index contributed by atoms with van der Waals surface area (Å²) in [5.41, 5.74) is -0.748. The molecule has 0 aromatic carbocycles. The molecule has 2 atom stereocenters. The van der Waals surface area contributed by atoms with E-state index in [-0.39, 0.29) is 36.8 Å². The van der Waals surface area contributed by atoms with Crippen LogP contribution in [0.25, 0.3) is 0 Å². The van der Waals surface area contributed by atoms with E-state index in [9.17, 15) is 19.5 Å². The van der Waals surface area contributed by atoms with Crippen LogP contribution in [0.2, 0.25) is 0 Å². The van der Waals surface area contributed by atoms with Crippen molar-refractivity contribution in [3.05, 3.63) is 17.6 Å². The minimum atomic E-state index is -1.01. The lowest BCUT2D eigenvalue weighted by Crippen LogP contribution is -2.56. The van der Waals surface area contributed by atoms with Crippen molar-refractivity contribution in [2.45, 2.75) is 85.3 Å². The number of anilines is 1. The van der Waals surface area contributed by atoms with E-state index in [1.807, 2.05) is 34.6 Å². The van der Waals surface area contributed by atoms with Gasteiger partial charge in [0.2, 0.25) is 0 Å². The van der Waals surface area contributed by atoms with E-state index in [0.29, 0.717) is 36.9 Å². The van der Waals surface area contributed by atoms with Gasteiger partial charge in [0.1, 0.15) is 22.8 Å². The summed E-state index contributed by atoms with van der Waals surface area (Å²) in [6, 6.07) is -0.522. The molecule has 39 heavy (non-hydrogen) atoms. The molecular weight excluding hydrogens is 502 g/mol. The molecule has 11 nitrogen and oxygen atoms in total. The molecule has 0 saturated carbocycles. The Morgan fingerprint density at radius 3 is 2.38 bits per heavy atom. The van der Waals surface area contributed by atoms with Crippen LogP contribution in [0, 0.1) is 11.8 Å². The summed E-state index contributed by atoms with van der Waals surface area (Å²) in [4.78, 5) is 51.4. The Morgan fingerprint density at radius 2 is 1.85 bits per heavy atom. The molecule has 11 heteroatoms. The lowest BCUT2D eigenvalue weighted by molar-refractivity contribution is -0.144. The first-order valence-electron chi connectivity index (χ1n) is 13.7. The maximum atomic E-state index is 14.1. The second kappa shape index (κ2) is 13.4. The Labute approximate surface area is 232 Å². The monoisotopic (exact) mass is 549 g/mol. The van der Waals surface area contributed by atoms with E-state index < -0.39 is 29.6 Å². The standard InChI is InChI=1S/C28H47N5O6/c1-18(2)15-33(20-13-19(24(35)36)16-32(17-20)26(37)39-28(6,7)8)23(34)21-14-30-25(27(3,4)5)31-22(21)29-11-10-12-38-9/h14,18-20H,10-13,15-17H2,1-9H3,(H,35,36)(H,29,30,31). The molecule has 2 amide bonds. The Morgan fingerprint density at radius 1 is 1.18 bits per heavy atom. The first kappa shape index (κ1) is 32.3. The molecule has 2 N–H and O–H groups in total. The second-order valence-corrected chi connectivity index (χ2v) is 12.6. The van der Waals surface area contributed by atoms with Gasteiger partial charge in [-0.2, -0.15) is 0 Å². The first-order chi connectivity index (χ1) is 18.0. The summed E-state index contributed by atoms with van der Waals surface area (Å²) in [6.45, 7) is 17.0. The van der Waals surface area contributed by atoms with Gasteiger partial charge in [-0.05, 0) is 39.5 Å². The minimum absolute atomic E-state index is 0.0279. The summed E-state index contributed by atoms with van der Waals surface area (Å²) in [5, 5.41) is 13.2. The number of piperidine rings is 1. The molecule has 220 valence electrons. The first-order valence-corrected chi connectivity index (χ1v) is 13.7. The molecule has 0 aliphatic carbocycles. The maximum absolute atomic E-state index is 14.1. The van der Waals surface area contributed by atoms with Crippen molar-refractivity contribution in [1.82, 2.24) is 19.8 Å². The molecule has 2 heterocycles. The van der Waals surface area contributed by atoms with Gasteiger partial charge in [0.05, 0.1) is 12.0 Å². The number of likely N-dealkylation sites (tertiary alicyclic amines) is 1. The lowest BCUT2D eigenvalue weighted by Gasteiger charge is -2.42. The molecule has 0 radical (unpaired) electrons. The molecule has 2 unspecified atom stereocenters. The van der Waals surface area contributed by atoms with Gasteiger partial charge in [-0.1, -0.05) is 34.6 Å². The lowest BCUT2D eigenvalue weighted by atomic mass is 9.92. The fourth-order valence-electron chi connectivity index (χ4n) is 4.36. The van der Waals surface area contributed by atoms with E-state index in [4.69, 9.17) is 14.5 Å². The number of hydrogen-bond donors (Lipinski definition) is 2. The third-order valence-corrected chi connectivity index (χ3v) is 6.20. The van der Waals surface area contributed by atoms with Crippen molar-refractivity contribution < 1.29 is 29.0 Å². The number of aliphatic carboxylic acids is 1. The molecule has 1 fully saturated rings. The molecule has 2 rings (SSSR count). The van der Waals surface area contributed by atoms with Crippen LogP contribution < -0.4 is 5.32 Å². The number of rotatable bonds is 10. The van der Waals surface area contributed by atoms with Crippen LogP contribution in [-0.2, 0) is 19.7 Å². The van der Waals surface area contributed by atoms with Crippen molar-refractivity contribution in [2.24, 2.45) is 11.8 Å². The summed E-state index contributed by atoms with van der Waals surface area (Å²) in [6.07, 6.45) is 1.91. The van der Waals surface area contributed by atoms with Crippen LogP contribution in [0.1, 0.15) is 84.4 Å². The Bertz CT molecular complexity index is 1000. The van der Waals surface area contributed by atoms with Crippen LogP contribution in [0.3, 0.4) is 0 Å². The highest BCUT2D eigenvalue weighted by Gasteiger charge is 2.40. The average molecular weight is 550 g/mol. The van der Waals surface area contributed by atoms with Crippen LogP contribution in [0.15, 0.2) is 6.20 Å². The van der Waals surface area contributed by atoms with E-state index in [1.54, 1.807) is 39.0 Å². The topological polar surface area (TPSA) is 134 Å². The number of amides is 2. The normalized spacial score (nSPS) is 18.2. The van der Waals surface area contributed by atoms with E-state index in [0.717, 1.165) is 6.42 Å². The number of nitrogens with zero attached hydrogens (tertiary/aromatic N) is 4. The number of ether oxygens (including phenoxy) is 2. The Kier molecular flexibility index (Phi) is 11.1. The fraction of sp³-hybridized carbons (Fsp3) is 0.750. The highest BCUT2D eigenvalue weighted by molar-refractivity contribution is 5.98. The molecule has 1 aromatic heterocycles. The van der Waals surface area contributed by atoms with E-state index >= 15 is 0 Å². The van der Waals surface area contributed by atoms with Gasteiger partial charge in [-0.25, -0.2) is 14.8 Å². The summed E-state index contributed by atoms with van der Waals surface area (Å²) in [7, 11) is 1.64. The summed E-state index contributed by atoms with van der Waals surface area (Å²) >= 11 is 0. The average Bonchev–Trinajstić information content (AvgIpc) is 2.82. The van der Waals surface area contributed by atoms with Crippen molar-refractivity contribution in [3.8, 4) is 0 Å². The quantitative estimate of drug-likeness (QED) is 0.415. The van der Waals surface area contributed by atoms with Gasteiger partial charge in [0.15, 0.2) is 0 Å². The minimum Gasteiger partial charge on any atom is -0.481 e. The Balaban J connectivity index is 2.47. The van der Waals surface area contributed by atoms with E-state index in [1.165, 1.54) is 4.90 Å². The van der Waals surface area contributed by atoms with Crippen molar-refractivity contribution in [3.63, 3.8) is 0 Å². The highest BCUT2D eigenvalue weighted by atomic mass is 16.6. The molecule has 1 aromatic rings. The van der Waals surface area contributed by atoms with Gasteiger partial charge in [0.25, 0.3) is 5.91 Å². The maximum Gasteiger partial charge on any atom is 0.410 e. The Hall–Kier alpha value is -2.95. The molecular formula is C28H47N5O6. The van der Waals surface area contributed by atoms with Gasteiger partial charge >= 0.3 is 12.1 Å². The van der Waals surface area contributed by atoms with Gasteiger partial charge in [-0.3, -0.25) is 9.59 Å². The predicted octanol–water partition coefficient (Wildman–Crippen LogP) is 4.03. The number of carboxylic acids is 1. The van der Waals surface area contributed by atoms with Crippen molar-refractivity contribution in [1.29, 1.82) is 0 Å². The van der Waals surface area contributed by atoms with Crippen LogP contribution in [0.4, 0.5) is 10.6 Å². The number of carbonyl (C=O) groups is 3. The fourth-order valence-corrected chi connectivity index (χ4v) is 4.36. The molecule has 1 saturated heterocycles. The van der Waals surface area contributed by atoms with Gasteiger partial charge in [-0.15, -0.1) is 0 Å². The van der Waals surface area contributed by atoms with Crippen molar-refractivity contribution in [2.75, 3.05) is 45.2 Å². The molecule has 0 spiro atoms. The van der Waals surface area contributed by atoms with Crippen molar-refractivity contribution >= 4 is 23.8 Å². The summed E-state index contributed by atoms with van der Waals surface area (Å²) < 4.78 is 10.7. The summed E-state index contributed by atoms with van der Waals surface area (Å²) in [5.74, 6) is -1.02. The second-order valence-electron chi connectivity index (χ2n) is 12.6. The van der Waals surface area contributed by atoms with Crippen LogP contribution in [-0.4, -0.2) is 94.4 Å². The molecule has 1 aliphatic heterocycles. The van der Waals surface area contributed by atoms with Gasteiger partial charge < -0.3 is 29.7 Å². The zero-order chi connectivity index (χ0) is 29.5. The number of methoxy groups -OCH3 is 1. The van der Waals surface area contributed by atoms with Gasteiger partial charge in [0, 0.05) is 51.5 Å². The third kappa shape index (κ3) is 9.63. The molecule has 0 bridgehead atoms. The van der Waals surface area contributed by atoms with Crippen LogP contribution >= 0.6 is 0 Å². The number of nitrogens with one attached hydrogen (secondary N) is 1. The largest absolute Gasteiger partial charge is 0.481 e. The highest BCUT2D eigenvalue weighted by Crippen LogP contribution is 2.28. The third-order valence-electron chi connectivity index (χ3n) is 6.20. The zero-order valence-corrected chi connectivity index (χ0v) is 25.0. The number of hydrogen-bond acceptors (Lipinski definition) is 8. The van der Waals surface area contributed by atoms with Crippen LogP contribution in [0.5, 0.6) is 0 Å². The smallest absolute Gasteiger partial charge is 0.410 e. The number of aromatic nitrogens is 2. The SMILES string of the molecule is COCCCNc1nc(C(C)(C)C)ncc1C(=O)N(CC(C)C)C1CC(C(=O)O)CN(C(=O)OC(C)(C)C)C1. The van der Waals surface area contributed by atoms with E-state index in [2.05, 4.69) is 10.3 Å². The predicted molar refractivity (Wildman–Crippen MR) is 149 cm³/mol. The molecule has 1 aliphatic rings. The number of carbonyl (C=O) groups excluding carboxylic acids is 2. The number of carboxylic acid groups (broad SMARTS) is 1.